The van der Waals surface area contributed by atoms with Crippen molar-refractivity contribution >= 4 is 37.9 Å². The van der Waals surface area contributed by atoms with Gasteiger partial charge in [-0.2, -0.15) is 0 Å². The fourth-order valence-electron chi connectivity index (χ4n) is 2.38. The molecule has 0 fully saturated rings. The zero-order chi connectivity index (χ0) is 16.9. The predicted octanol–water partition coefficient (Wildman–Crippen LogP) is 5.91. The summed E-state index contributed by atoms with van der Waals surface area (Å²) in [5.41, 5.74) is 3.40. The maximum Gasteiger partial charge on any atom is 0.170 e. The molecule has 0 atom stereocenters. The second kappa shape index (κ2) is 7.73. The molecule has 3 rings (SSSR count). The third-order valence-corrected chi connectivity index (χ3v) is 3.88. The fourth-order valence-corrected chi connectivity index (χ4v) is 2.81. The van der Waals surface area contributed by atoms with Crippen molar-refractivity contribution in [3.05, 3.63) is 69.7 Å². The van der Waals surface area contributed by atoms with Crippen molar-refractivity contribution in [1.82, 2.24) is 9.97 Å². The Bertz CT molecular complexity index is 861. The second-order valence-electron chi connectivity index (χ2n) is 4.98. The summed E-state index contributed by atoms with van der Waals surface area (Å²) in [5, 5.41) is 0. The van der Waals surface area contributed by atoms with E-state index in [9.17, 15) is 0 Å². The van der Waals surface area contributed by atoms with E-state index in [1.165, 1.54) is 0 Å². The van der Waals surface area contributed by atoms with Crippen molar-refractivity contribution in [3.63, 3.8) is 0 Å². The van der Waals surface area contributed by atoms with Gasteiger partial charge in [0.2, 0.25) is 0 Å². The molecular weight excluding hydrogens is 432 g/mol. The van der Waals surface area contributed by atoms with Gasteiger partial charge in [-0.25, -0.2) is 9.97 Å². The normalized spacial score (nSPS) is 10.3. The summed E-state index contributed by atoms with van der Waals surface area (Å²) in [4.78, 5) is 9.42. The van der Waals surface area contributed by atoms with Crippen LogP contribution in [0.25, 0.3) is 28.7 Å². The lowest BCUT2D eigenvalue weighted by atomic mass is 10.1. The van der Waals surface area contributed by atoms with E-state index in [1.54, 1.807) is 7.11 Å². The van der Waals surface area contributed by atoms with Crippen LogP contribution in [-0.2, 0) is 0 Å². The first-order valence-corrected chi connectivity index (χ1v) is 8.87. The van der Waals surface area contributed by atoms with E-state index in [2.05, 4.69) is 36.8 Å². The topological polar surface area (TPSA) is 35.0 Å². The molecule has 3 aromatic rings. The van der Waals surface area contributed by atoms with Gasteiger partial charge in [0.15, 0.2) is 11.6 Å². The highest BCUT2D eigenvalue weighted by atomic mass is 79.9. The fraction of sp³-hybridized carbons (Fsp3) is 0.0526. The monoisotopic (exact) mass is 444 g/mol. The van der Waals surface area contributed by atoms with E-state index in [4.69, 9.17) is 9.72 Å². The Morgan fingerprint density at radius 2 is 1.46 bits per heavy atom. The van der Waals surface area contributed by atoms with Crippen LogP contribution in [0.2, 0.25) is 0 Å². The Balaban J connectivity index is 2.28. The number of hydrogen-bond donors (Lipinski definition) is 0. The van der Waals surface area contributed by atoms with Crippen LogP contribution in [0.4, 0.5) is 0 Å². The van der Waals surface area contributed by atoms with Crippen LogP contribution in [0.1, 0.15) is 5.69 Å². The summed E-state index contributed by atoms with van der Waals surface area (Å²) >= 11 is 6.80. The standard InChI is InChI=1S/C19H14Br2N2O/c1-24-18-15(12-16(20)21)22-19(14-10-6-3-7-11-14)23-17(18)13-8-4-2-5-9-13/h2-12H,1H3. The molecule has 0 amide bonds. The molecule has 5 heteroatoms. The van der Waals surface area contributed by atoms with E-state index >= 15 is 0 Å². The highest BCUT2D eigenvalue weighted by molar-refractivity contribution is 9.28. The Hall–Kier alpha value is -1.98. The molecule has 0 unspecified atom stereocenters. The average Bonchev–Trinajstić information content (AvgIpc) is 2.62. The first-order valence-electron chi connectivity index (χ1n) is 7.28. The molecule has 0 saturated carbocycles. The smallest absolute Gasteiger partial charge is 0.170 e. The number of benzene rings is 2. The largest absolute Gasteiger partial charge is 0.492 e. The number of methoxy groups -OCH3 is 1. The van der Waals surface area contributed by atoms with E-state index in [0.29, 0.717) is 17.3 Å². The minimum atomic E-state index is 0.636. The number of aromatic nitrogens is 2. The van der Waals surface area contributed by atoms with E-state index in [-0.39, 0.29) is 0 Å². The molecule has 3 nitrogen and oxygen atoms in total. The lowest BCUT2D eigenvalue weighted by Crippen LogP contribution is -2.01. The van der Waals surface area contributed by atoms with Crippen molar-refractivity contribution in [2.75, 3.05) is 7.11 Å². The SMILES string of the molecule is COc1c(C=C(Br)Br)nc(-c2ccccc2)nc1-c1ccccc1. The Labute approximate surface area is 157 Å². The van der Waals surface area contributed by atoms with Gasteiger partial charge in [-0.05, 0) is 37.9 Å². The molecule has 2 aromatic carbocycles. The van der Waals surface area contributed by atoms with Gasteiger partial charge in [0, 0.05) is 11.1 Å². The van der Waals surface area contributed by atoms with Gasteiger partial charge >= 0.3 is 0 Å². The number of halogens is 2. The summed E-state index contributed by atoms with van der Waals surface area (Å²) in [6.07, 6.45) is 1.86. The predicted molar refractivity (Wildman–Crippen MR) is 105 cm³/mol. The molecule has 0 saturated heterocycles. The van der Waals surface area contributed by atoms with Crippen LogP contribution < -0.4 is 4.74 Å². The van der Waals surface area contributed by atoms with Crippen LogP contribution >= 0.6 is 31.9 Å². The summed E-state index contributed by atoms with van der Waals surface area (Å²) in [5.74, 6) is 1.29. The summed E-state index contributed by atoms with van der Waals surface area (Å²) in [6, 6.07) is 19.9. The van der Waals surface area contributed by atoms with Crippen molar-refractivity contribution in [1.29, 1.82) is 0 Å². The lowest BCUT2D eigenvalue weighted by molar-refractivity contribution is 0.411. The van der Waals surface area contributed by atoms with Crippen molar-refractivity contribution in [2.24, 2.45) is 0 Å². The summed E-state index contributed by atoms with van der Waals surface area (Å²) in [7, 11) is 1.63. The molecular formula is C19H14Br2N2O. The van der Waals surface area contributed by atoms with Crippen molar-refractivity contribution in [3.8, 4) is 28.4 Å². The maximum atomic E-state index is 5.61. The van der Waals surface area contributed by atoms with Gasteiger partial charge in [0.1, 0.15) is 11.4 Å². The van der Waals surface area contributed by atoms with Gasteiger partial charge in [-0.15, -0.1) is 0 Å². The van der Waals surface area contributed by atoms with Gasteiger partial charge in [-0.1, -0.05) is 60.7 Å². The molecule has 0 aliphatic rings. The van der Waals surface area contributed by atoms with Gasteiger partial charge in [0.05, 0.1) is 10.5 Å². The molecule has 0 aliphatic heterocycles. The number of hydrogen-bond acceptors (Lipinski definition) is 3. The average molecular weight is 446 g/mol. The van der Waals surface area contributed by atoms with Crippen LogP contribution in [0.5, 0.6) is 5.75 Å². The minimum Gasteiger partial charge on any atom is -0.492 e. The second-order valence-corrected chi connectivity index (χ2v) is 7.75. The molecule has 1 heterocycles. The third kappa shape index (κ3) is 3.74. The molecule has 0 N–H and O–H groups in total. The highest BCUT2D eigenvalue weighted by Crippen LogP contribution is 2.34. The third-order valence-electron chi connectivity index (χ3n) is 3.42. The first-order chi connectivity index (χ1) is 11.7. The first kappa shape index (κ1) is 16.9. The van der Waals surface area contributed by atoms with Crippen molar-refractivity contribution in [2.45, 2.75) is 0 Å². The molecule has 120 valence electrons. The highest BCUT2D eigenvalue weighted by Gasteiger charge is 2.16. The van der Waals surface area contributed by atoms with Gasteiger partial charge < -0.3 is 4.74 Å². The zero-order valence-corrected chi connectivity index (χ0v) is 16.1. The van der Waals surface area contributed by atoms with Crippen LogP contribution in [-0.4, -0.2) is 17.1 Å². The molecule has 0 radical (unpaired) electrons. The van der Waals surface area contributed by atoms with Gasteiger partial charge in [0.25, 0.3) is 0 Å². The number of ether oxygens (including phenoxy) is 1. The molecule has 0 aliphatic carbocycles. The van der Waals surface area contributed by atoms with Gasteiger partial charge in [-0.3, -0.25) is 0 Å². The summed E-state index contributed by atoms with van der Waals surface area (Å²) in [6.45, 7) is 0. The van der Waals surface area contributed by atoms with Crippen LogP contribution in [0.15, 0.2) is 64.1 Å². The number of rotatable bonds is 4. The van der Waals surface area contributed by atoms with E-state index in [1.807, 2.05) is 66.7 Å². The zero-order valence-electron chi connectivity index (χ0n) is 12.9. The van der Waals surface area contributed by atoms with Crippen LogP contribution in [0.3, 0.4) is 0 Å². The lowest BCUT2D eigenvalue weighted by Gasteiger charge is -2.13. The minimum absolute atomic E-state index is 0.636. The Morgan fingerprint density at radius 3 is 2.00 bits per heavy atom. The number of nitrogens with zero attached hydrogens (tertiary/aromatic N) is 2. The van der Waals surface area contributed by atoms with Crippen molar-refractivity contribution < 1.29 is 4.74 Å². The Kier molecular flexibility index (Phi) is 5.43. The molecule has 0 spiro atoms. The molecule has 0 bridgehead atoms. The van der Waals surface area contributed by atoms with E-state index < -0.39 is 0 Å². The Morgan fingerprint density at radius 1 is 0.875 bits per heavy atom. The molecule has 24 heavy (non-hydrogen) atoms. The summed E-state index contributed by atoms with van der Waals surface area (Å²) < 4.78 is 6.39. The molecule has 1 aromatic heterocycles. The quantitative estimate of drug-likeness (QED) is 0.500. The maximum absolute atomic E-state index is 5.61. The van der Waals surface area contributed by atoms with E-state index in [0.717, 1.165) is 20.2 Å². The van der Waals surface area contributed by atoms with Crippen LogP contribution in [0, 0.1) is 0 Å².